The zero-order valence-corrected chi connectivity index (χ0v) is 11.9. The van der Waals surface area contributed by atoms with Crippen LogP contribution < -0.4 is 10.6 Å². The lowest BCUT2D eigenvalue weighted by molar-refractivity contribution is 0.251. The Balaban J connectivity index is 1.50. The normalized spacial score (nSPS) is 15.0. The highest BCUT2D eigenvalue weighted by atomic mass is 19.1. The predicted octanol–water partition coefficient (Wildman–Crippen LogP) is 2.58. The van der Waals surface area contributed by atoms with Crippen molar-refractivity contribution in [3.05, 3.63) is 36.0 Å². The smallest absolute Gasteiger partial charge is 0.319 e. The van der Waals surface area contributed by atoms with Crippen molar-refractivity contribution >= 4 is 11.7 Å². The molecule has 3 rings (SSSR count). The zero-order chi connectivity index (χ0) is 15.4. The SMILES string of the molecule is O=C(NCc1noc(C2CCCC2)n1)Nc1cncc(F)c1. The highest BCUT2D eigenvalue weighted by molar-refractivity contribution is 5.88. The standard InChI is InChI=1S/C14H16FN5O2/c15-10-5-11(7-16-6-10)18-14(21)17-8-12-19-13(22-20-12)9-3-1-2-4-9/h5-7,9H,1-4,8H2,(H2,17,18,21). The third kappa shape index (κ3) is 3.57. The molecule has 1 saturated carbocycles. The number of nitrogens with one attached hydrogen (secondary N) is 2. The van der Waals surface area contributed by atoms with Gasteiger partial charge in [0, 0.05) is 12.0 Å². The average molecular weight is 305 g/mol. The number of halogens is 1. The first-order chi connectivity index (χ1) is 10.7. The number of anilines is 1. The Bertz CT molecular complexity index is 654. The first kappa shape index (κ1) is 14.4. The van der Waals surface area contributed by atoms with Gasteiger partial charge in [0.1, 0.15) is 5.82 Å². The molecule has 2 aromatic heterocycles. The summed E-state index contributed by atoms with van der Waals surface area (Å²) in [7, 11) is 0. The monoisotopic (exact) mass is 305 g/mol. The van der Waals surface area contributed by atoms with Crippen LogP contribution in [-0.4, -0.2) is 21.2 Å². The van der Waals surface area contributed by atoms with Gasteiger partial charge in [-0.2, -0.15) is 4.98 Å². The molecule has 1 aliphatic rings. The molecule has 7 nitrogen and oxygen atoms in total. The number of urea groups is 1. The van der Waals surface area contributed by atoms with Crippen molar-refractivity contribution < 1.29 is 13.7 Å². The summed E-state index contributed by atoms with van der Waals surface area (Å²) in [4.78, 5) is 19.6. The Labute approximate surface area is 126 Å². The third-order valence-corrected chi connectivity index (χ3v) is 3.56. The Kier molecular flexibility index (Phi) is 4.27. The van der Waals surface area contributed by atoms with Crippen LogP contribution in [-0.2, 0) is 6.54 Å². The van der Waals surface area contributed by atoms with Crippen LogP contribution in [0, 0.1) is 5.82 Å². The maximum absolute atomic E-state index is 13.0. The minimum atomic E-state index is -0.517. The van der Waals surface area contributed by atoms with Gasteiger partial charge in [-0.15, -0.1) is 0 Å². The molecule has 0 atom stereocenters. The second-order valence-corrected chi connectivity index (χ2v) is 5.23. The van der Waals surface area contributed by atoms with E-state index in [1.807, 2.05) is 0 Å². The van der Waals surface area contributed by atoms with E-state index < -0.39 is 11.8 Å². The van der Waals surface area contributed by atoms with Gasteiger partial charge in [-0.05, 0) is 12.8 Å². The van der Waals surface area contributed by atoms with Gasteiger partial charge in [-0.3, -0.25) is 4.98 Å². The zero-order valence-electron chi connectivity index (χ0n) is 11.9. The van der Waals surface area contributed by atoms with Crippen molar-refractivity contribution in [2.24, 2.45) is 0 Å². The quantitative estimate of drug-likeness (QED) is 0.905. The summed E-state index contributed by atoms with van der Waals surface area (Å²) in [5.41, 5.74) is 0.275. The topological polar surface area (TPSA) is 92.9 Å². The van der Waals surface area contributed by atoms with Crippen LogP contribution in [0.1, 0.15) is 43.3 Å². The van der Waals surface area contributed by atoms with E-state index in [1.54, 1.807) is 0 Å². The molecule has 0 spiro atoms. The molecule has 0 aliphatic heterocycles. The van der Waals surface area contributed by atoms with Crippen LogP contribution in [0.4, 0.5) is 14.9 Å². The molecule has 0 saturated heterocycles. The number of carbonyl (C=O) groups is 1. The lowest BCUT2D eigenvalue weighted by Gasteiger charge is -2.05. The van der Waals surface area contributed by atoms with Crippen molar-refractivity contribution in [1.29, 1.82) is 0 Å². The molecule has 2 amide bonds. The summed E-state index contributed by atoms with van der Waals surface area (Å²) in [5.74, 6) is 0.893. The molecular weight excluding hydrogens is 289 g/mol. The van der Waals surface area contributed by atoms with E-state index in [4.69, 9.17) is 4.52 Å². The van der Waals surface area contributed by atoms with Crippen molar-refractivity contribution in [3.8, 4) is 0 Å². The van der Waals surface area contributed by atoms with Crippen LogP contribution in [0.15, 0.2) is 23.0 Å². The van der Waals surface area contributed by atoms with Gasteiger partial charge in [0.2, 0.25) is 5.89 Å². The molecule has 22 heavy (non-hydrogen) atoms. The predicted molar refractivity (Wildman–Crippen MR) is 75.6 cm³/mol. The lowest BCUT2D eigenvalue weighted by atomic mass is 10.1. The van der Waals surface area contributed by atoms with Crippen molar-refractivity contribution in [2.45, 2.75) is 38.1 Å². The molecule has 0 unspecified atom stereocenters. The van der Waals surface area contributed by atoms with Crippen molar-refractivity contribution in [3.63, 3.8) is 0 Å². The fourth-order valence-corrected chi connectivity index (χ4v) is 2.49. The van der Waals surface area contributed by atoms with E-state index >= 15 is 0 Å². The number of amides is 2. The molecule has 116 valence electrons. The largest absolute Gasteiger partial charge is 0.339 e. The van der Waals surface area contributed by atoms with Gasteiger partial charge >= 0.3 is 6.03 Å². The fourth-order valence-electron chi connectivity index (χ4n) is 2.49. The van der Waals surface area contributed by atoms with E-state index in [0.717, 1.165) is 19.0 Å². The van der Waals surface area contributed by atoms with Crippen molar-refractivity contribution in [2.75, 3.05) is 5.32 Å². The molecule has 8 heteroatoms. The Hall–Kier alpha value is -2.51. The summed E-state index contributed by atoms with van der Waals surface area (Å²) in [6.45, 7) is 0.144. The van der Waals surface area contributed by atoms with Gasteiger partial charge < -0.3 is 15.2 Å². The first-order valence-electron chi connectivity index (χ1n) is 7.18. The van der Waals surface area contributed by atoms with Crippen LogP contribution in [0.25, 0.3) is 0 Å². The number of hydrogen-bond acceptors (Lipinski definition) is 5. The molecule has 0 radical (unpaired) electrons. The number of hydrogen-bond donors (Lipinski definition) is 2. The van der Waals surface area contributed by atoms with E-state index in [2.05, 4.69) is 25.8 Å². The minimum Gasteiger partial charge on any atom is -0.339 e. The highest BCUT2D eigenvalue weighted by Crippen LogP contribution is 2.32. The molecule has 2 aromatic rings. The molecule has 2 N–H and O–H groups in total. The highest BCUT2D eigenvalue weighted by Gasteiger charge is 2.22. The molecule has 1 aliphatic carbocycles. The number of aromatic nitrogens is 3. The molecular formula is C14H16FN5O2. The second kappa shape index (κ2) is 6.50. The van der Waals surface area contributed by atoms with Crippen LogP contribution in [0.2, 0.25) is 0 Å². The summed E-state index contributed by atoms with van der Waals surface area (Å²) in [5, 5.41) is 8.91. The van der Waals surface area contributed by atoms with Gasteiger partial charge in [0.25, 0.3) is 0 Å². The van der Waals surface area contributed by atoms with Crippen LogP contribution >= 0.6 is 0 Å². The first-order valence-corrected chi connectivity index (χ1v) is 7.18. The van der Waals surface area contributed by atoms with Gasteiger partial charge in [0.15, 0.2) is 5.82 Å². The number of rotatable bonds is 4. The van der Waals surface area contributed by atoms with E-state index in [-0.39, 0.29) is 12.2 Å². The van der Waals surface area contributed by atoms with Crippen LogP contribution in [0.3, 0.4) is 0 Å². The summed E-state index contributed by atoms with van der Waals surface area (Å²) >= 11 is 0. The number of pyridine rings is 1. The third-order valence-electron chi connectivity index (χ3n) is 3.56. The molecule has 1 fully saturated rings. The van der Waals surface area contributed by atoms with Gasteiger partial charge in [-0.25, -0.2) is 9.18 Å². The molecule has 0 bridgehead atoms. The average Bonchev–Trinajstić information content (AvgIpc) is 3.16. The molecule has 2 heterocycles. The summed E-state index contributed by atoms with van der Waals surface area (Å²) in [6.07, 6.45) is 6.93. The summed E-state index contributed by atoms with van der Waals surface area (Å²) < 4.78 is 18.2. The fraction of sp³-hybridized carbons (Fsp3) is 0.429. The summed E-state index contributed by atoms with van der Waals surface area (Å²) in [6, 6.07) is 0.693. The molecule has 0 aromatic carbocycles. The van der Waals surface area contributed by atoms with E-state index in [9.17, 15) is 9.18 Å². The van der Waals surface area contributed by atoms with E-state index in [0.29, 0.717) is 17.6 Å². The lowest BCUT2D eigenvalue weighted by Crippen LogP contribution is -2.28. The number of carbonyl (C=O) groups excluding carboxylic acids is 1. The van der Waals surface area contributed by atoms with Crippen molar-refractivity contribution in [1.82, 2.24) is 20.4 Å². The Morgan fingerprint density at radius 3 is 2.95 bits per heavy atom. The van der Waals surface area contributed by atoms with Gasteiger partial charge in [0.05, 0.1) is 24.6 Å². The maximum Gasteiger partial charge on any atom is 0.319 e. The minimum absolute atomic E-state index is 0.144. The Morgan fingerprint density at radius 1 is 1.36 bits per heavy atom. The van der Waals surface area contributed by atoms with Gasteiger partial charge in [-0.1, -0.05) is 18.0 Å². The Morgan fingerprint density at radius 2 is 2.18 bits per heavy atom. The maximum atomic E-state index is 13.0. The van der Waals surface area contributed by atoms with Crippen LogP contribution in [0.5, 0.6) is 0 Å². The second-order valence-electron chi connectivity index (χ2n) is 5.23. The van der Waals surface area contributed by atoms with E-state index in [1.165, 1.54) is 25.1 Å². The number of nitrogens with zero attached hydrogens (tertiary/aromatic N) is 3.